The standard InChI is InChI=1S/C26H34N8O6S/c1-41-7-6-19(32-23(36)17(27)9-15-12-29-13-31-15)24(37)33-20(25(38)34-21(26(39)40)10-22(28)35)8-14-11-30-18-5-3-2-4-16(14)18/h2-5,11-13,17,19-21,30H,6-10,27H2,1H3,(H2,28,35)(H,29,31)(H,32,36)(H,33,37)(H,34,38)(H,39,40). The number of imidazole rings is 1. The van der Waals surface area contributed by atoms with Crippen molar-refractivity contribution in [3.63, 3.8) is 0 Å². The van der Waals surface area contributed by atoms with E-state index in [1.165, 1.54) is 18.1 Å². The van der Waals surface area contributed by atoms with Crippen LogP contribution in [0.3, 0.4) is 0 Å². The van der Waals surface area contributed by atoms with Crippen molar-refractivity contribution < 1.29 is 29.1 Å². The van der Waals surface area contributed by atoms with E-state index in [9.17, 15) is 29.1 Å². The highest BCUT2D eigenvalue weighted by Crippen LogP contribution is 2.19. The van der Waals surface area contributed by atoms with E-state index < -0.39 is 60.2 Å². The summed E-state index contributed by atoms with van der Waals surface area (Å²) >= 11 is 1.47. The maximum absolute atomic E-state index is 13.5. The van der Waals surface area contributed by atoms with Gasteiger partial charge in [-0.15, -0.1) is 0 Å². The number of hydrogen-bond donors (Lipinski definition) is 8. The quantitative estimate of drug-likeness (QED) is 0.104. The number of carbonyl (C=O) groups is 5. The SMILES string of the molecule is CSCCC(NC(=O)C(N)Cc1cnc[nH]1)C(=O)NC(Cc1c[nH]c2ccccc12)C(=O)NC(CC(N)=O)C(=O)O. The lowest BCUT2D eigenvalue weighted by atomic mass is 10.0. The highest BCUT2D eigenvalue weighted by atomic mass is 32.2. The summed E-state index contributed by atoms with van der Waals surface area (Å²) in [7, 11) is 0. The number of aromatic amines is 2. The molecule has 0 aliphatic carbocycles. The molecule has 0 bridgehead atoms. The molecule has 0 aliphatic heterocycles. The minimum Gasteiger partial charge on any atom is -0.480 e. The van der Waals surface area contributed by atoms with E-state index >= 15 is 0 Å². The summed E-state index contributed by atoms with van der Waals surface area (Å²) in [5.74, 6) is -3.89. The zero-order valence-corrected chi connectivity index (χ0v) is 23.2. The van der Waals surface area contributed by atoms with E-state index in [1.54, 1.807) is 12.4 Å². The first-order chi connectivity index (χ1) is 19.6. The van der Waals surface area contributed by atoms with Crippen LogP contribution in [0.2, 0.25) is 0 Å². The number of para-hydroxylation sites is 1. The summed E-state index contributed by atoms with van der Waals surface area (Å²) in [6.07, 6.45) is 6.33. The molecule has 0 saturated heterocycles. The van der Waals surface area contributed by atoms with Crippen LogP contribution in [-0.2, 0) is 36.8 Å². The topological polar surface area (TPSA) is 238 Å². The van der Waals surface area contributed by atoms with Crippen molar-refractivity contribution >= 4 is 52.3 Å². The molecule has 1 aromatic carbocycles. The fourth-order valence-electron chi connectivity index (χ4n) is 4.18. The van der Waals surface area contributed by atoms with Gasteiger partial charge in [0.05, 0.1) is 18.8 Å². The van der Waals surface area contributed by atoms with Gasteiger partial charge < -0.3 is 42.5 Å². The number of carboxylic acid groups (broad SMARTS) is 1. The predicted molar refractivity (Wildman–Crippen MR) is 153 cm³/mol. The molecule has 10 N–H and O–H groups in total. The lowest BCUT2D eigenvalue weighted by Gasteiger charge is -2.25. The van der Waals surface area contributed by atoms with Crippen molar-refractivity contribution in [3.05, 3.63) is 54.2 Å². The molecule has 4 atom stereocenters. The van der Waals surface area contributed by atoms with E-state index in [2.05, 4.69) is 30.9 Å². The number of nitrogens with zero attached hydrogens (tertiary/aromatic N) is 1. The van der Waals surface area contributed by atoms with Crippen LogP contribution in [0.4, 0.5) is 0 Å². The van der Waals surface area contributed by atoms with Crippen molar-refractivity contribution in [1.29, 1.82) is 0 Å². The summed E-state index contributed by atoms with van der Waals surface area (Å²) in [4.78, 5) is 72.5. The molecule has 15 heteroatoms. The Kier molecular flexibility index (Phi) is 11.3. The molecule has 0 fully saturated rings. The van der Waals surface area contributed by atoms with E-state index in [-0.39, 0.29) is 19.3 Å². The van der Waals surface area contributed by atoms with Crippen LogP contribution >= 0.6 is 11.8 Å². The minimum absolute atomic E-state index is 0.00692. The van der Waals surface area contributed by atoms with E-state index in [0.717, 1.165) is 10.9 Å². The van der Waals surface area contributed by atoms with Gasteiger partial charge in [0.15, 0.2) is 0 Å². The molecule has 2 aromatic heterocycles. The summed E-state index contributed by atoms with van der Waals surface area (Å²) in [5.41, 5.74) is 13.3. The molecule has 0 saturated carbocycles. The normalized spacial score (nSPS) is 14.0. The Balaban J connectivity index is 1.81. The number of aromatic nitrogens is 3. The number of benzene rings is 1. The number of amides is 4. The fourth-order valence-corrected chi connectivity index (χ4v) is 4.66. The summed E-state index contributed by atoms with van der Waals surface area (Å²) in [6, 6.07) is 2.53. The third-order valence-electron chi connectivity index (χ3n) is 6.33. The van der Waals surface area contributed by atoms with Crippen molar-refractivity contribution in [3.8, 4) is 0 Å². The number of primary amides is 1. The molecule has 4 amide bonds. The second-order valence-electron chi connectivity index (χ2n) is 9.42. The highest BCUT2D eigenvalue weighted by Gasteiger charge is 2.31. The van der Waals surface area contributed by atoms with Gasteiger partial charge in [0.25, 0.3) is 0 Å². The van der Waals surface area contributed by atoms with Gasteiger partial charge in [-0.25, -0.2) is 9.78 Å². The Morgan fingerprint density at radius 2 is 1.66 bits per heavy atom. The number of H-pyrrole nitrogens is 2. The Morgan fingerprint density at radius 3 is 2.32 bits per heavy atom. The van der Waals surface area contributed by atoms with Crippen molar-refractivity contribution in [1.82, 2.24) is 30.9 Å². The molecular weight excluding hydrogens is 552 g/mol. The lowest BCUT2D eigenvalue weighted by Crippen LogP contribution is -2.58. The minimum atomic E-state index is -1.59. The van der Waals surface area contributed by atoms with Crippen LogP contribution in [0.15, 0.2) is 43.0 Å². The van der Waals surface area contributed by atoms with Crippen LogP contribution in [0.25, 0.3) is 10.9 Å². The van der Waals surface area contributed by atoms with E-state index in [4.69, 9.17) is 11.5 Å². The largest absolute Gasteiger partial charge is 0.480 e. The Labute approximate surface area is 239 Å². The first-order valence-corrected chi connectivity index (χ1v) is 14.2. The van der Waals surface area contributed by atoms with Crippen molar-refractivity contribution in [2.45, 2.75) is 49.9 Å². The molecule has 14 nitrogen and oxygen atoms in total. The Hall–Kier alpha value is -4.37. The van der Waals surface area contributed by atoms with Gasteiger partial charge >= 0.3 is 5.97 Å². The molecule has 220 valence electrons. The number of thioether (sulfide) groups is 1. The van der Waals surface area contributed by atoms with Gasteiger partial charge in [0.1, 0.15) is 18.1 Å². The fraction of sp³-hybridized carbons (Fsp3) is 0.385. The monoisotopic (exact) mass is 586 g/mol. The van der Waals surface area contributed by atoms with Crippen LogP contribution in [0.1, 0.15) is 24.1 Å². The average molecular weight is 587 g/mol. The average Bonchev–Trinajstić information content (AvgIpc) is 3.59. The van der Waals surface area contributed by atoms with Gasteiger partial charge in [-0.1, -0.05) is 18.2 Å². The van der Waals surface area contributed by atoms with Crippen molar-refractivity contribution in [2.24, 2.45) is 11.5 Å². The first-order valence-electron chi connectivity index (χ1n) is 12.8. The van der Waals surface area contributed by atoms with Crippen LogP contribution in [-0.4, -0.2) is 85.8 Å². The first kappa shape index (κ1) is 31.2. The maximum Gasteiger partial charge on any atom is 0.326 e. The molecule has 0 aliphatic rings. The van der Waals surface area contributed by atoms with Crippen LogP contribution in [0.5, 0.6) is 0 Å². The van der Waals surface area contributed by atoms with Gasteiger partial charge in [-0.2, -0.15) is 11.8 Å². The molecule has 41 heavy (non-hydrogen) atoms. The van der Waals surface area contributed by atoms with Gasteiger partial charge in [0.2, 0.25) is 23.6 Å². The number of aliphatic carboxylic acids is 1. The number of carboxylic acids is 1. The van der Waals surface area contributed by atoms with E-state index in [1.807, 2.05) is 30.5 Å². The summed E-state index contributed by atoms with van der Waals surface area (Å²) in [5, 5.41) is 17.9. The second-order valence-corrected chi connectivity index (χ2v) is 10.4. The molecule has 3 rings (SSSR count). The van der Waals surface area contributed by atoms with Gasteiger partial charge in [-0.3, -0.25) is 19.2 Å². The molecule has 0 spiro atoms. The Morgan fingerprint density at radius 1 is 0.976 bits per heavy atom. The summed E-state index contributed by atoms with van der Waals surface area (Å²) in [6.45, 7) is 0. The number of nitrogens with two attached hydrogens (primary N) is 2. The molecular formula is C26H34N8O6S. The smallest absolute Gasteiger partial charge is 0.326 e. The zero-order chi connectivity index (χ0) is 29.9. The number of hydrogen-bond acceptors (Lipinski definition) is 8. The highest BCUT2D eigenvalue weighted by molar-refractivity contribution is 7.98. The number of nitrogens with one attached hydrogen (secondary N) is 5. The van der Waals surface area contributed by atoms with Crippen molar-refractivity contribution in [2.75, 3.05) is 12.0 Å². The predicted octanol–water partition coefficient (Wildman–Crippen LogP) is -0.829. The maximum atomic E-state index is 13.5. The Bertz CT molecular complexity index is 1360. The van der Waals surface area contributed by atoms with Gasteiger partial charge in [0, 0.05) is 41.8 Å². The second kappa shape index (κ2) is 14.9. The van der Waals surface area contributed by atoms with E-state index in [0.29, 0.717) is 17.0 Å². The lowest BCUT2D eigenvalue weighted by molar-refractivity contribution is -0.143. The number of fused-ring (bicyclic) bond motifs is 1. The number of rotatable bonds is 16. The van der Waals surface area contributed by atoms with Gasteiger partial charge in [-0.05, 0) is 30.1 Å². The summed E-state index contributed by atoms with van der Waals surface area (Å²) < 4.78 is 0. The third-order valence-corrected chi connectivity index (χ3v) is 6.97. The number of carbonyl (C=O) groups excluding carboxylic acids is 4. The third kappa shape index (κ3) is 9.08. The molecule has 2 heterocycles. The van der Waals surface area contributed by atoms with Crippen LogP contribution in [0, 0.1) is 0 Å². The molecule has 3 aromatic rings. The molecule has 4 unspecified atom stereocenters. The zero-order valence-electron chi connectivity index (χ0n) is 22.4. The molecule has 0 radical (unpaired) electrons. The van der Waals surface area contributed by atoms with Crippen LogP contribution < -0.4 is 27.4 Å².